The molecule has 2 aromatic rings. The molecule has 0 radical (unpaired) electrons. The molecule has 1 fully saturated rings. The van der Waals surface area contributed by atoms with Crippen LogP contribution in [0.15, 0.2) is 60.2 Å². The van der Waals surface area contributed by atoms with Gasteiger partial charge in [0.15, 0.2) is 0 Å². The third-order valence-corrected chi connectivity index (χ3v) is 5.00. The average Bonchev–Trinajstić information content (AvgIpc) is 3.10. The minimum atomic E-state index is -0.368. The maximum Gasteiger partial charge on any atom is 0.259 e. The van der Waals surface area contributed by atoms with Gasteiger partial charge in [-0.15, -0.1) is 0 Å². The largest absolute Gasteiger partial charge is 0.305 e. The van der Waals surface area contributed by atoms with E-state index in [9.17, 15) is 14.4 Å². The number of anilines is 1. The number of carbonyl (C=O) groups is 3. The van der Waals surface area contributed by atoms with Gasteiger partial charge in [-0.1, -0.05) is 48.5 Å². The minimum absolute atomic E-state index is 0.0347. The molecule has 0 aromatic heterocycles. The summed E-state index contributed by atoms with van der Waals surface area (Å²) in [5, 5.41) is 0. The van der Waals surface area contributed by atoms with Gasteiger partial charge in [-0.05, 0) is 25.5 Å². The second-order valence-corrected chi connectivity index (χ2v) is 7.09. The second kappa shape index (κ2) is 6.50. The van der Waals surface area contributed by atoms with Crippen LogP contribution >= 0.6 is 0 Å². The van der Waals surface area contributed by atoms with Crippen LogP contribution in [-0.4, -0.2) is 28.7 Å². The number of benzene rings is 2. The van der Waals surface area contributed by atoms with Crippen LogP contribution in [0.3, 0.4) is 0 Å². The van der Waals surface area contributed by atoms with E-state index < -0.39 is 0 Å². The van der Waals surface area contributed by atoms with E-state index in [0.29, 0.717) is 11.1 Å². The predicted octanol–water partition coefficient (Wildman–Crippen LogP) is 3.15. The number of para-hydroxylation sites is 1. The van der Waals surface area contributed by atoms with Gasteiger partial charge in [0.2, 0.25) is 5.91 Å². The summed E-state index contributed by atoms with van der Waals surface area (Å²) >= 11 is 0. The van der Waals surface area contributed by atoms with Gasteiger partial charge >= 0.3 is 0 Å². The fourth-order valence-corrected chi connectivity index (χ4v) is 3.76. The van der Waals surface area contributed by atoms with Gasteiger partial charge in [0, 0.05) is 17.2 Å². The molecular weight excluding hydrogens is 340 g/mol. The molecule has 27 heavy (non-hydrogen) atoms. The van der Waals surface area contributed by atoms with Gasteiger partial charge in [-0.2, -0.15) is 0 Å². The molecule has 2 heterocycles. The van der Waals surface area contributed by atoms with Gasteiger partial charge in [0.25, 0.3) is 11.8 Å². The summed E-state index contributed by atoms with van der Waals surface area (Å²) in [6.07, 6.45) is -0.0347. The van der Waals surface area contributed by atoms with Crippen molar-refractivity contribution in [2.24, 2.45) is 0 Å². The Bertz CT molecular complexity index is 976. The molecule has 1 saturated heterocycles. The molecule has 4 rings (SSSR count). The van der Waals surface area contributed by atoms with Crippen LogP contribution in [0.25, 0.3) is 5.57 Å². The minimum Gasteiger partial charge on any atom is -0.305 e. The molecule has 0 saturated carbocycles. The topological polar surface area (TPSA) is 57.7 Å². The molecule has 0 unspecified atom stereocenters. The lowest BCUT2D eigenvalue weighted by atomic mass is 10.00. The predicted molar refractivity (Wildman–Crippen MR) is 103 cm³/mol. The number of carbonyl (C=O) groups excluding carboxylic acids is 3. The average molecular weight is 360 g/mol. The molecule has 2 aliphatic heterocycles. The van der Waals surface area contributed by atoms with Gasteiger partial charge in [0.05, 0.1) is 24.2 Å². The Balaban J connectivity index is 1.76. The number of rotatable bonds is 3. The van der Waals surface area contributed by atoms with E-state index in [1.165, 1.54) is 4.90 Å². The summed E-state index contributed by atoms with van der Waals surface area (Å²) in [6, 6.07) is 16.8. The highest BCUT2D eigenvalue weighted by atomic mass is 16.2. The van der Waals surface area contributed by atoms with Gasteiger partial charge < -0.3 is 4.90 Å². The first-order valence-corrected chi connectivity index (χ1v) is 9.03. The molecule has 2 aromatic carbocycles. The monoisotopic (exact) mass is 360 g/mol. The molecule has 0 aliphatic carbocycles. The summed E-state index contributed by atoms with van der Waals surface area (Å²) in [7, 11) is 0. The van der Waals surface area contributed by atoms with Gasteiger partial charge in [-0.3, -0.25) is 19.3 Å². The highest BCUT2D eigenvalue weighted by Crippen LogP contribution is 2.41. The molecule has 2 aliphatic rings. The molecule has 0 atom stereocenters. The Morgan fingerprint density at radius 2 is 1.56 bits per heavy atom. The van der Waals surface area contributed by atoms with E-state index >= 15 is 0 Å². The summed E-state index contributed by atoms with van der Waals surface area (Å²) in [4.78, 5) is 41.6. The molecule has 0 spiro atoms. The number of hydrogen-bond acceptors (Lipinski definition) is 3. The summed E-state index contributed by atoms with van der Waals surface area (Å²) in [5.74, 6) is -0.837. The fourth-order valence-electron chi connectivity index (χ4n) is 3.76. The number of nitrogens with zero attached hydrogens (tertiary/aromatic N) is 2. The number of hydrogen-bond donors (Lipinski definition) is 0. The van der Waals surface area contributed by atoms with Crippen LogP contribution < -0.4 is 4.90 Å². The Labute approximate surface area is 157 Å². The van der Waals surface area contributed by atoms with Crippen molar-refractivity contribution in [2.75, 3.05) is 4.90 Å². The highest BCUT2D eigenvalue weighted by molar-refractivity contribution is 6.38. The second-order valence-electron chi connectivity index (χ2n) is 7.09. The smallest absolute Gasteiger partial charge is 0.259 e. The lowest BCUT2D eigenvalue weighted by molar-refractivity contribution is -0.138. The van der Waals surface area contributed by atoms with E-state index in [1.54, 1.807) is 4.90 Å². The third kappa shape index (κ3) is 2.76. The zero-order valence-electron chi connectivity index (χ0n) is 15.3. The normalized spacial score (nSPS) is 19.4. The summed E-state index contributed by atoms with van der Waals surface area (Å²) < 4.78 is 0. The van der Waals surface area contributed by atoms with Crippen molar-refractivity contribution in [1.29, 1.82) is 0 Å². The first kappa shape index (κ1) is 17.2. The fraction of sp³-hybridized carbons (Fsp3) is 0.227. The SMILES string of the molecule is CC(C)N1C(=O)C(=C2CC(=O)N(Cc3ccccc3)C2=O)c2ccccc21. The first-order valence-electron chi connectivity index (χ1n) is 9.03. The van der Waals surface area contributed by atoms with Crippen molar-refractivity contribution >= 4 is 29.0 Å². The Morgan fingerprint density at radius 1 is 0.889 bits per heavy atom. The van der Waals surface area contributed by atoms with E-state index in [0.717, 1.165) is 16.8 Å². The van der Waals surface area contributed by atoms with Crippen LogP contribution in [0, 0.1) is 0 Å². The molecular formula is C22H20N2O3. The number of imide groups is 1. The lowest BCUT2D eigenvalue weighted by Gasteiger charge is -2.21. The highest BCUT2D eigenvalue weighted by Gasteiger charge is 2.42. The van der Waals surface area contributed by atoms with Crippen molar-refractivity contribution in [3.8, 4) is 0 Å². The third-order valence-electron chi connectivity index (χ3n) is 5.00. The van der Waals surface area contributed by atoms with Crippen molar-refractivity contribution in [3.63, 3.8) is 0 Å². The molecule has 5 heteroatoms. The molecule has 0 N–H and O–H groups in total. The van der Waals surface area contributed by atoms with Gasteiger partial charge in [0.1, 0.15) is 0 Å². The lowest BCUT2D eigenvalue weighted by Crippen LogP contribution is -2.34. The Hall–Kier alpha value is -3.21. The van der Waals surface area contributed by atoms with Crippen LogP contribution in [0.5, 0.6) is 0 Å². The standard InChI is InChI=1S/C22H20N2O3/c1-14(2)24-18-11-7-6-10-16(18)20(22(24)27)17-12-19(25)23(21(17)26)13-15-8-4-3-5-9-15/h3-11,14H,12-13H2,1-2H3. The quantitative estimate of drug-likeness (QED) is 0.624. The molecule has 136 valence electrons. The maximum absolute atomic E-state index is 13.1. The Morgan fingerprint density at radius 3 is 2.26 bits per heavy atom. The van der Waals surface area contributed by atoms with Crippen molar-refractivity contribution in [3.05, 3.63) is 71.3 Å². The van der Waals surface area contributed by atoms with Crippen LogP contribution in [0.4, 0.5) is 5.69 Å². The zero-order valence-corrected chi connectivity index (χ0v) is 15.3. The Kier molecular flexibility index (Phi) is 4.15. The number of amides is 3. The van der Waals surface area contributed by atoms with Crippen LogP contribution in [0.2, 0.25) is 0 Å². The first-order chi connectivity index (χ1) is 13.0. The van der Waals surface area contributed by atoms with Crippen molar-refractivity contribution in [2.45, 2.75) is 32.9 Å². The maximum atomic E-state index is 13.1. The molecule has 5 nitrogen and oxygen atoms in total. The van der Waals surface area contributed by atoms with E-state index in [4.69, 9.17) is 0 Å². The van der Waals surface area contributed by atoms with Crippen LogP contribution in [0.1, 0.15) is 31.4 Å². The zero-order chi connectivity index (χ0) is 19.1. The summed E-state index contributed by atoms with van der Waals surface area (Å²) in [6.45, 7) is 4.09. The van der Waals surface area contributed by atoms with Crippen molar-refractivity contribution in [1.82, 2.24) is 4.90 Å². The van der Waals surface area contributed by atoms with Crippen molar-refractivity contribution < 1.29 is 14.4 Å². The van der Waals surface area contributed by atoms with E-state index in [2.05, 4.69) is 0 Å². The van der Waals surface area contributed by atoms with E-state index in [-0.39, 0.29) is 36.7 Å². The molecule has 0 bridgehead atoms. The summed E-state index contributed by atoms with van der Waals surface area (Å²) in [5.41, 5.74) is 3.08. The number of likely N-dealkylation sites (tertiary alicyclic amines) is 1. The van der Waals surface area contributed by atoms with Crippen LogP contribution in [-0.2, 0) is 20.9 Å². The van der Waals surface area contributed by atoms with E-state index in [1.807, 2.05) is 68.4 Å². The number of fused-ring (bicyclic) bond motifs is 1. The van der Waals surface area contributed by atoms with Gasteiger partial charge in [-0.25, -0.2) is 0 Å². The molecule has 3 amide bonds.